The van der Waals surface area contributed by atoms with Crippen LogP contribution in [0.2, 0.25) is 0 Å². The van der Waals surface area contributed by atoms with Gasteiger partial charge in [0.15, 0.2) is 0 Å². The van der Waals surface area contributed by atoms with Gasteiger partial charge in [0.1, 0.15) is 18.4 Å². The summed E-state index contributed by atoms with van der Waals surface area (Å²) in [6, 6.07) is 27.5. The lowest BCUT2D eigenvalue weighted by Gasteiger charge is -2.35. The van der Waals surface area contributed by atoms with E-state index in [1.54, 1.807) is 54.6 Å². The molecule has 7 nitrogen and oxygen atoms in total. The highest BCUT2D eigenvalue weighted by Crippen LogP contribution is 2.28. The van der Waals surface area contributed by atoms with Gasteiger partial charge in [0.25, 0.3) is 10.0 Å². The van der Waals surface area contributed by atoms with Crippen LogP contribution < -0.4 is 9.62 Å². The molecule has 1 saturated carbocycles. The van der Waals surface area contributed by atoms with E-state index in [0.717, 1.165) is 47.5 Å². The first-order valence-electron chi connectivity index (χ1n) is 15.8. The second kappa shape index (κ2) is 15.7. The van der Waals surface area contributed by atoms with Crippen LogP contribution in [0.5, 0.6) is 0 Å². The molecular weight excluding hydrogens is 681 g/mol. The molecule has 0 radical (unpaired) electrons. The summed E-state index contributed by atoms with van der Waals surface area (Å²) < 4.78 is 45.2. The lowest BCUT2D eigenvalue weighted by atomic mass is 9.94. The van der Waals surface area contributed by atoms with Crippen LogP contribution in [0.3, 0.4) is 0 Å². The number of hydrogen-bond donors (Lipinski definition) is 1. The molecule has 4 aromatic rings. The zero-order chi connectivity index (χ0) is 33.4. The van der Waals surface area contributed by atoms with E-state index in [0.29, 0.717) is 4.47 Å². The molecule has 0 saturated heterocycles. The van der Waals surface area contributed by atoms with Crippen LogP contribution in [-0.4, -0.2) is 43.8 Å². The molecule has 5 rings (SSSR count). The van der Waals surface area contributed by atoms with Crippen molar-refractivity contribution in [3.63, 3.8) is 0 Å². The van der Waals surface area contributed by atoms with Crippen molar-refractivity contribution < 1.29 is 22.4 Å². The first-order chi connectivity index (χ1) is 22.6. The molecule has 4 aromatic carbocycles. The Balaban J connectivity index is 1.57. The third kappa shape index (κ3) is 8.87. The Labute approximate surface area is 285 Å². The lowest BCUT2D eigenvalue weighted by molar-refractivity contribution is -0.140. The fourth-order valence-corrected chi connectivity index (χ4v) is 7.70. The summed E-state index contributed by atoms with van der Waals surface area (Å²) in [5, 5.41) is 3.16. The van der Waals surface area contributed by atoms with E-state index in [4.69, 9.17) is 0 Å². The van der Waals surface area contributed by atoms with Gasteiger partial charge in [-0.3, -0.25) is 13.9 Å². The van der Waals surface area contributed by atoms with Crippen molar-refractivity contribution in [2.75, 3.05) is 10.8 Å². The van der Waals surface area contributed by atoms with Gasteiger partial charge < -0.3 is 10.2 Å². The Morgan fingerprint density at radius 1 is 0.894 bits per heavy atom. The van der Waals surface area contributed by atoms with E-state index in [2.05, 4.69) is 21.2 Å². The number of halogens is 2. The predicted octanol–water partition coefficient (Wildman–Crippen LogP) is 7.18. The number of anilines is 1. The van der Waals surface area contributed by atoms with Gasteiger partial charge in [-0.15, -0.1) is 0 Å². The highest BCUT2D eigenvalue weighted by molar-refractivity contribution is 9.10. The number of sulfonamides is 1. The number of carbonyl (C=O) groups excluding carboxylic acids is 2. The second-order valence-corrected chi connectivity index (χ2v) is 14.7. The Hall–Kier alpha value is -4.02. The van der Waals surface area contributed by atoms with Gasteiger partial charge in [0.05, 0.1) is 10.6 Å². The van der Waals surface area contributed by atoms with Crippen LogP contribution in [0, 0.1) is 12.7 Å². The second-order valence-electron chi connectivity index (χ2n) is 12.0. The van der Waals surface area contributed by atoms with Gasteiger partial charge >= 0.3 is 0 Å². The Morgan fingerprint density at radius 3 is 2.26 bits per heavy atom. The summed E-state index contributed by atoms with van der Waals surface area (Å²) in [6.45, 7) is 1.03. The van der Waals surface area contributed by atoms with Crippen LogP contribution >= 0.6 is 15.9 Å². The quantitative estimate of drug-likeness (QED) is 0.168. The number of aryl methyl sites for hydroxylation is 1. The van der Waals surface area contributed by atoms with Crippen LogP contribution in [-0.2, 0) is 32.6 Å². The number of benzene rings is 4. The lowest BCUT2D eigenvalue weighted by Crippen LogP contribution is -2.55. The topological polar surface area (TPSA) is 86.8 Å². The van der Waals surface area contributed by atoms with E-state index in [1.165, 1.54) is 23.1 Å². The predicted molar refractivity (Wildman–Crippen MR) is 186 cm³/mol. The first-order valence-corrected chi connectivity index (χ1v) is 18.1. The first kappa shape index (κ1) is 34.3. The molecule has 0 spiro atoms. The monoisotopic (exact) mass is 719 g/mol. The van der Waals surface area contributed by atoms with E-state index >= 15 is 4.39 Å². The molecule has 0 aliphatic heterocycles. The van der Waals surface area contributed by atoms with E-state index in [1.807, 2.05) is 37.3 Å². The summed E-state index contributed by atoms with van der Waals surface area (Å²) in [4.78, 5) is 30.1. The maximum absolute atomic E-state index is 15.1. The number of nitrogens with zero attached hydrogens (tertiary/aromatic N) is 2. The molecule has 0 unspecified atom stereocenters. The number of amides is 2. The van der Waals surface area contributed by atoms with Gasteiger partial charge in [-0.25, -0.2) is 12.8 Å². The number of nitrogens with one attached hydrogen (secondary N) is 1. The minimum Gasteiger partial charge on any atom is -0.352 e. The maximum Gasteiger partial charge on any atom is 0.264 e. The molecule has 2 amide bonds. The molecule has 246 valence electrons. The zero-order valence-electron chi connectivity index (χ0n) is 26.3. The normalized spacial score (nSPS) is 14.3. The van der Waals surface area contributed by atoms with Crippen LogP contribution in [0.25, 0.3) is 0 Å². The fraction of sp³-hybridized carbons (Fsp3) is 0.297. The Kier molecular flexibility index (Phi) is 11.5. The van der Waals surface area contributed by atoms with Crippen molar-refractivity contribution in [2.24, 2.45) is 0 Å². The summed E-state index contributed by atoms with van der Waals surface area (Å²) in [7, 11) is -4.23. The molecule has 1 aliphatic carbocycles. The van der Waals surface area contributed by atoms with Gasteiger partial charge in [0.2, 0.25) is 11.8 Å². The van der Waals surface area contributed by atoms with E-state index in [9.17, 15) is 18.0 Å². The summed E-state index contributed by atoms with van der Waals surface area (Å²) >= 11 is 3.43. The molecule has 0 aromatic heterocycles. The SMILES string of the molecule is Cc1ccc(S(=O)(=O)N(CC(=O)N(Cc2ccccc2F)[C@@H](Cc2ccccc2)C(=O)NC2CCCCC2)c2cccc(Br)c2)cc1. The average Bonchev–Trinajstić information content (AvgIpc) is 3.07. The zero-order valence-corrected chi connectivity index (χ0v) is 28.7. The number of rotatable bonds is 12. The van der Waals surface area contributed by atoms with Gasteiger partial charge in [-0.2, -0.15) is 0 Å². The molecule has 1 fully saturated rings. The largest absolute Gasteiger partial charge is 0.352 e. The van der Waals surface area contributed by atoms with Crippen molar-refractivity contribution in [1.82, 2.24) is 10.2 Å². The average molecular weight is 721 g/mol. The molecule has 0 bridgehead atoms. The van der Waals surface area contributed by atoms with Crippen LogP contribution in [0.15, 0.2) is 112 Å². The maximum atomic E-state index is 15.1. The standard InChI is InChI=1S/C37H39BrFN3O4S/c1-27-19-21-33(22-20-27)47(45,46)42(32-17-10-14-30(38)24-32)26-36(43)41(25-29-13-8-9-18-34(29)39)35(23-28-11-4-2-5-12-28)37(44)40-31-15-6-3-7-16-31/h2,4-5,8-14,17-22,24,31,35H,3,6-7,15-16,23,25-26H2,1H3,(H,40,44)/t35-/m0/s1. The third-order valence-electron chi connectivity index (χ3n) is 8.51. The van der Waals surface area contributed by atoms with Gasteiger partial charge in [-0.1, -0.05) is 107 Å². The van der Waals surface area contributed by atoms with E-state index in [-0.39, 0.29) is 41.1 Å². The van der Waals surface area contributed by atoms with Crippen LogP contribution in [0.1, 0.15) is 48.8 Å². The number of carbonyl (C=O) groups is 2. The van der Waals surface area contributed by atoms with Crippen molar-refractivity contribution in [2.45, 2.75) is 69.0 Å². The minimum atomic E-state index is -4.23. The molecule has 1 atom stereocenters. The van der Waals surface area contributed by atoms with Gasteiger partial charge in [0, 0.05) is 29.0 Å². The highest BCUT2D eigenvalue weighted by atomic mass is 79.9. The van der Waals surface area contributed by atoms with E-state index < -0.39 is 34.3 Å². The third-order valence-corrected chi connectivity index (χ3v) is 10.8. The summed E-state index contributed by atoms with van der Waals surface area (Å²) in [5.74, 6) is -1.50. The highest BCUT2D eigenvalue weighted by Gasteiger charge is 2.35. The van der Waals surface area contributed by atoms with Crippen molar-refractivity contribution in [3.05, 3.63) is 130 Å². The number of hydrogen-bond acceptors (Lipinski definition) is 4. The Morgan fingerprint density at radius 2 is 1.57 bits per heavy atom. The fourth-order valence-electron chi connectivity index (χ4n) is 5.91. The summed E-state index contributed by atoms with van der Waals surface area (Å²) in [6.07, 6.45) is 4.97. The molecule has 10 heteroatoms. The van der Waals surface area contributed by atoms with Crippen LogP contribution in [0.4, 0.5) is 10.1 Å². The van der Waals surface area contributed by atoms with Crippen molar-refractivity contribution in [1.29, 1.82) is 0 Å². The molecule has 1 N–H and O–H groups in total. The molecule has 0 heterocycles. The van der Waals surface area contributed by atoms with Crippen molar-refractivity contribution in [3.8, 4) is 0 Å². The molecule has 47 heavy (non-hydrogen) atoms. The summed E-state index contributed by atoms with van der Waals surface area (Å²) in [5.41, 5.74) is 2.20. The van der Waals surface area contributed by atoms with Crippen molar-refractivity contribution >= 4 is 43.5 Å². The molecule has 1 aliphatic rings. The smallest absolute Gasteiger partial charge is 0.264 e. The Bertz CT molecular complexity index is 1780. The van der Waals surface area contributed by atoms with Gasteiger partial charge in [-0.05, 0) is 61.7 Å². The minimum absolute atomic E-state index is 0.0207. The molecular formula is C37H39BrFN3O4S.